The summed E-state index contributed by atoms with van der Waals surface area (Å²) >= 11 is 0. The first-order valence-electron chi connectivity index (χ1n) is 10.1. The summed E-state index contributed by atoms with van der Waals surface area (Å²) in [5, 5.41) is 0. The lowest BCUT2D eigenvalue weighted by Crippen LogP contribution is -2.40. The van der Waals surface area contributed by atoms with Gasteiger partial charge in [-0.25, -0.2) is 4.79 Å². The van der Waals surface area contributed by atoms with Gasteiger partial charge in [-0.1, -0.05) is 25.2 Å². The third kappa shape index (κ3) is 4.45. The van der Waals surface area contributed by atoms with Gasteiger partial charge in [0.15, 0.2) is 0 Å². The first kappa shape index (κ1) is 20.1. The molecular formula is C22H32O5. The molecule has 6 atom stereocenters. The molecule has 0 amide bonds. The molecule has 150 valence electrons. The molecule has 3 rings (SSSR count). The van der Waals surface area contributed by atoms with Crippen molar-refractivity contribution in [3.8, 4) is 0 Å². The molecule has 2 aliphatic heterocycles. The van der Waals surface area contributed by atoms with Gasteiger partial charge in [-0.15, -0.1) is 0 Å². The first-order valence-corrected chi connectivity index (χ1v) is 10.1. The third-order valence-corrected chi connectivity index (χ3v) is 6.40. The number of carbonyl (C=O) groups is 2. The molecule has 0 aromatic heterocycles. The fourth-order valence-electron chi connectivity index (χ4n) is 4.52. The van der Waals surface area contributed by atoms with Gasteiger partial charge in [0.2, 0.25) is 0 Å². The average Bonchev–Trinajstić information content (AvgIpc) is 3.14. The summed E-state index contributed by atoms with van der Waals surface area (Å²) in [6.45, 7) is 11.8. The van der Waals surface area contributed by atoms with Crippen LogP contribution in [0.25, 0.3) is 0 Å². The fourth-order valence-corrected chi connectivity index (χ4v) is 4.52. The zero-order chi connectivity index (χ0) is 19.8. The van der Waals surface area contributed by atoms with E-state index in [4.69, 9.17) is 14.2 Å². The van der Waals surface area contributed by atoms with Crippen molar-refractivity contribution in [2.75, 3.05) is 0 Å². The van der Waals surface area contributed by atoms with Crippen molar-refractivity contribution in [3.05, 3.63) is 23.8 Å². The second-order valence-electron chi connectivity index (χ2n) is 8.69. The average molecular weight is 376 g/mol. The van der Waals surface area contributed by atoms with Crippen LogP contribution in [0.3, 0.4) is 0 Å². The van der Waals surface area contributed by atoms with Crippen LogP contribution in [0.1, 0.15) is 66.2 Å². The van der Waals surface area contributed by atoms with Crippen LogP contribution in [0.15, 0.2) is 23.8 Å². The highest BCUT2D eigenvalue weighted by molar-refractivity contribution is 5.91. The van der Waals surface area contributed by atoms with Gasteiger partial charge in [0.1, 0.15) is 12.2 Å². The Morgan fingerprint density at radius 2 is 2.15 bits per heavy atom. The van der Waals surface area contributed by atoms with Crippen molar-refractivity contribution in [1.82, 2.24) is 0 Å². The standard InChI is InChI=1S/C22H32O5/c1-13-8-6-10-14(2)19(25-16(4)23)20-17(15(3)21(24)26-20)12-18-22(5,27-18)11-7-9-13/h9,14,17-20H,3,6-8,10-12H2,1-2,4-5H3/b13-9-. The minimum atomic E-state index is -0.475. The molecule has 2 fully saturated rings. The highest BCUT2D eigenvalue weighted by atomic mass is 16.6. The second-order valence-corrected chi connectivity index (χ2v) is 8.69. The molecule has 6 unspecified atom stereocenters. The summed E-state index contributed by atoms with van der Waals surface area (Å²) < 4.78 is 17.3. The number of fused-ring (bicyclic) bond motifs is 2. The largest absolute Gasteiger partial charge is 0.458 e. The van der Waals surface area contributed by atoms with E-state index < -0.39 is 12.2 Å². The van der Waals surface area contributed by atoms with Gasteiger partial charge < -0.3 is 14.2 Å². The van der Waals surface area contributed by atoms with Crippen LogP contribution in [0.4, 0.5) is 0 Å². The minimum Gasteiger partial charge on any atom is -0.458 e. The van der Waals surface area contributed by atoms with Crippen LogP contribution in [0.5, 0.6) is 0 Å². The van der Waals surface area contributed by atoms with Gasteiger partial charge in [0, 0.05) is 18.4 Å². The Hall–Kier alpha value is -1.62. The lowest BCUT2D eigenvalue weighted by atomic mass is 9.81. The lowest BCUT2D eigenvalue weighted by molar-refractivity contribution is -0.165. The van der Waals surface area contributed by atoms with E-state index in [2.05, 4.69) is 33.4 Å². The molecule has 1 aliphatic carbocycles. The van der Waals surface area contributed by atoms with E-state index in [1.807, 2.05) is 0 Å². The molecule has 0 aromatic carbocycles. The van der Waals surface area contributed by atoms with Crippen molar-refractivity contribution in [1.29, 1.82) is 0 Å². The van der Waals surface area contributed by atoms with Crippen molar-refractivity contribution >= 4 is 11.9 Å². The Morgan fingerprint density at radius 1 is 1.41 bits per heavy atom. The van der Waals surface area contributed by atoms with E-state index in [0.29, 0.717) is 12.0 Å². The molecule has 3 aliphatic rings. The van der Waals surface area contributed by atoms with Gasteiger partial charge in [0.05, 0.1) is 11.7 Å². The number of hydrogen-bond donors (Lipinski definition) is 0. The van der Waals surface area contributed by atoms with E-state index in [0.717, 1.165) is 32.1 Å². The lowest BCUT2D eigenvalue weighted by Gasteiger charge is -2.31. The molecule has 0 bridgehead atoms. The van der Waals surface area contributed by atoms with Gasteiger partial charge >= 0.3 is 11.9 Å². The Labute approximate surface area is 162 Å². The topological polar surface area (TPSA) is 65.1 Å². The molecule has 5 nitrogen and oxygen atoms in total. The summed E-state index contributed by atoms with van der Waals surface area (Å²) in [6, 6.07) is 0. The van der Waals surface area contributed by atoms with E-state index in [1.165, 1.54) is 12.5 Å². The molecule has 0 aromatic rings. The monoisotopic (exact) mass is 376 g/mol. The Morgan fingerprint density at radius 3 is 2.85 bits per heavy atom. The third-order valence-electron chi connectivity index (χ3n) is 6.40. The number of hydrogen-bond acceptors (Lipinski definition) is 5. The quantitative estimate of drug-likeness (QED) is 0.298. The summed E-state index contributed by atoms with van der Waals surface area (Å²) in [5.41, 5.74) is 1.72. The van der Waals surface area contributed by atoms with Crippen LogP contribution in [-0.4, -0.2) is 35.9 Å². The second kappa shape index (κ2) is 7.78. The zero-order valence-electron chi connectivity index (χ0n) is 17.0. The van der Waals surface area contributed by atoms with Crippen LogP contribution < -0.4 is 0 Å². The highest BCUT2D eigenvalue weighted by Crippen LogP contribution is 2.48. The van der Waals surface area contributed by atoms with E-state index in [-0.39, 0.29) is 35.5 Å². The summed E-state index contributed by atoms with van der Waals surface area (Å²) in [6.07, 6.45) is 7.08. The molecule has 5 heteroatoms. The maximum atomic E-state index is 12.3. The molecule has 0 spiro atoms. The van der Waals surface area contributed by atoms with Gasteiger partial charge in [-0.05, 0) is 58.3 Å². The Balaban J connectivity index is 1.86. The van der Waals surface area contributed by atoms with Crippen LogP contribution in [0.2, 0.25) is 0 Å². The molecule has 0 N–H and O–H groups in total. The SMILES string of the molecule is C=C1C(=O)OC2C1CC1OC1(C)CC/C=C(/C)CCCC(C)C2OC(C)=O. The number of carbonyl (C=O) groups excluding carboxylic acids is 2. The summed E-state index contributed by atoms with van der Waals surface area (Å²) in [4.78, 5) is 24.0. The van der Waals surface area contributed by atoms with Gasteiger partial charge in [0.25, 0.3) is 0 Å². The van der Waals surface area contributed by atoms with Crippen molar-refractivity contribution in [2.24, 2.45) is 11.8 Å². The number of esters is 2. The minimum absolute atomic E-state index is 0.0844. The molecule has 27 heavy (non-hydrogen) atoms. The molecular weight excluding hydrogens is 344 g/mol. The maximum absolute atomic E-state index is 12.3. The highest BCUT2D eigenvalue weighted by Gasteiger charge is 2.56. The van der Waals surface area contributed by atoms with Crippen molar-refractivity contribution < 1.29 is 23.8 Å². The number of rotatable bonds is 1. The van der Waals surface area contributed by atoms with E-state index in [9.17, 15) is 9.59 Å². The fraction of sp³-hybridized carbons (Fsp3) is 0.727. The zero-order valence-corrected chi connectivity index (χ0v) is 17.0. The van der Waals surface area contributed by atoms with Crippen molar-refractivity contribution in [2.45, 2.75) is 90.1 Å². The Kier molecular flexibility index (Phi) is 5.80. The van der Waals surface area contributed by atoms with E-state index >= 15 is 0 Å². The summed E-state index contributed by atoms with van der Waals surface area (Å²) in [7, 11) is 0. The molecule has 2 heterocycles. The molecule has 0 saturated carbocycles. The smallest absolute Gasteiger partial charge is 0.334 e. The normalized spacial score (nSPS) is 42.1. The van der Waals surface area contributed by atoms with Gasteiger partial charge in [-0.3, -0.25) is 4.79 Å². The number of epoxide rings is 1. The Bertz CT molecular complexity index is 651. The van der Waals surface area contributed by atoms with E-state index in [1.54, 1.807) is 0 Å². The maximum Gasteiger partial charge on any atom is 0.334 e. The first-order chi connectivity index (χ1) is 12.7. The number of ether oxygens (including phenoxy) is 3. The van der Waals surface area contributed by atoms with Crippen LogP contribution in [-0.2, 0) is 23.8 Å². The van der Waals surface area contributed by atoms with Crippen molar-refractivity contribution in [3.63, 3.8) is 0 Å². The number of allylic oxidation sites excluding steroid dienone is 2. The summed E-state index contributed by atoms with van der Waals surface area (Å²) in [5.74, 6) is -0.791. The predicted octanol–water partition coefficient (Wildman–Crippen LogP) is 4.11. The van der Waals surface area contributed by atoms with Crippen LogP contribution in [0, 0.1) is 11.8 Å². The van der Waals surface area contributed by atoms with Gasteiger partial charge in [-0.2, -0.15) is 0 Å². The molecule has 0 radical (unpaired) electrons. The van der Waals surface area contributed by atoms with Crippen LogP contribution >= 0.6 is 0 Å². The molecule has 2 saturated heterocycles. The predicted molar refractivity (Wildman–Crippen MR) is 102 cm³/mol.